The van der Waals surface area contributed by atoms with Crippen LogP contribution in [-0.4, -0.2) is 54.1 Å². The van der Waals surface area contributed by atoms with Gasteiger partial charge in [0.25, 0.3) is 5.91 Å². The first-order valence-corrected chi connectivity index (χ1v) is 7.54. The zero-order chi connectivity index (χ0) is 20.4. The summed E-state index contributed by atoms with van der Waals surface area (Å²) < 4.78 is 49.0. The maximum Gasteiger partial charge on any atom is 0.405 e. The lowest BCUT2D eigenvalue weighted by Crippen LogP contribution is -2.48. The second-order valence-electron chi connectivity index (χ2n) is 5.58. The molecule has 0 spiro atoms. The Balaban J connectivity index is 2.01. The van der Waals surface area contributed by atoms with Crippen LogP contribution in [0.5, 0.6) is 0 Å². The van der Waals surface area contributed by atoms with Crippen LogP contribution in [0, 0.1) is 5.82 Å². The van der Waals surface area contributed by atoms with Crippen molar-refractivity contribution >= 4 is 29.6 Å². The third-order valence-corrected chi connectivity index (χ3v) is 3.56. The second-order valence-corrected chi connectivity index (χ2v) is 5.58. The Bertz CT molecular complexity index is 766. The van der Waals surface area contributed by atoms with Crippen molar-refractivity contribution in [1.29, 1.82) is 0 Å². The molecule has 1 aromatic carbocycles. The maximum atomic E-state index is 13.0. The first kappa shape index (κ1) is 20.1. The monoisotopic (exact) mass is 390 g/mol. The smallest absolute Gasteiger partial charge is 0.329 e. The summed E-state index contributed by atoms with van der Waals surface area (Å²) in [6.45, 7) is -1.13. The van der Waals surface area contributed by atoms with Gasteiger partial charge in [0.1, 0.15) is 24.9 Å². The van der Waals surface area contributed by atoms with Crippen molar-refractivity contribution in [3.63, 3.8) is 0 Å². The minimum absolute atomic E-state index is 0.216. The molecule has 6 amide bonds. The summed E-state index contributed by atoms with van der Waals surface area (Å²) in [5.74, 6) is -2.45. The van der Waals surface area contributed by atoms with Crippen LogP contribution in [0.25, 0.3) is 0 Å². The summed E-state index contributed by atoms with van der Waals surface area (Å²) in [5.41, 5.74) is 0.216. The Kier molecular flexibility index (Phi) is 5.66. The van der Waals surface area contributed by atoms with E-state index in [4.69, 9.17) is 0 Å². The fourth-order valence-electron chi connectivity index (χ4n) is 2.34. The van der Waals surface area contributed by atoms with Crippen molar-refractivity contribution in [2.24, 2.45) is 0 Å². The Hall–Kier alpha value is -3.18. The number of nitrogens with zero attached hydrogens (tertiary/aromatic N) is 2. The zero-order valence-corrected chi connectivity index (χ0v) is 13.8. The predicted octanol–water partition coefficient (Wildman–Crippen LogP) is 1.37. The van der Waals surface area contributed by atoms with Gasteiger partial charge in [-0.1, -0.05) is 0 Å². The van der Waals surface area contributed by atoms with E-state index in [9.17, 15) is 36.7 Å². The largest absolute Gasteiger partial charge is 0.405 e. The van der Waals surface area contributed by atoms with E-state index in [1.165, 1.54) is 24.4 Å². The number of carbonyl (C=O) groups is 4. The molecule has 1 atom stereocenters. The van der Waals surface area contributed by atoms with Gasteiger partial charge in [0.2, 0.25) is 5.91 Å². The van der Waals surface area contributed by atoms with Crippen LogP contribution in [0.4, 0.5) is 32.8 Å². The minimum Gasteiger partial charge on any atom is -0.329 e. The summed E-state index contributed by atoms with van der Waals surface area (Å²) in [6.07, 6.45) is -4.66. The highest BCUT2D eigenvalue weighted by molar-refractivity contribution is 6.15. The van der Waals surface area contributed by atoms with Gasteiger partial charge in [-0.25, -0.2) is 14.0 Å². The number of alkyl halides is 3. The summed E-state index contributed by atoms with van der Waals surface area (Å²) in [4.78, 5) is 49.2. The molecular formula is C15H14F4N4O4. The van der Waals surface area contributed by atoms with Gasteiger partial charge in [-0.05, 0) is 31.2 Å². The number of anilines is 1. The summed E-state index contributed by atoms with van der Waals surface area (Å²) in [6, 6.07) is 1.41. The van der Waals surface area contributed by atoms with Gasteiger partial charge < -0.3 is 5.32 Å². The summed E-state index contributed by atoms with van der Waals surface area (Å²) >= 11 is 0. The highest BCUT2D eigenvalue weighted by atomic mass is 19.4. The molecule has 0 unspecified atom stereocenters. The second kappa shape index (κ2) is 7.60. The first-order chi connectivity index (χ1) is 12.5. The van der Waals surface area contributed by atoms with Crippen molar-refractivity contribution in [3.8, 4) is 0 Å². The van der Waals surface area contributed by atoms with E-state index in [-0.39, 0.29) is 5.69 Å². The van der Waals surface area contributed by atoms with E-state index in [2.05, 4.69) is 0 Å². The fraction of sp³-hybridized carbons (Fsp3) is 0.333. The molecule has 27 heavy (non-hydrogen) atoms. The first-order valence-electron chi connectivity index (χ1n) is 7.54. The van der Waals surface area contributed by atoms with E-state index < -0.39 is 55.0 Å². The summed E-state index contributed by atoms with van der Waals surface area (Å²) in [7, 11) is 0. The van der Waals surface area contributed by atoms with Crippen LogP contribution in [0.1, 0.15) is 6.92 Å². The van der Waals surface area contributed by atoms with Crippen molar-refractivity contribution in [2.75, 3.05) is 18.0 Å². The number of hydrogen-bond acceptors (Lipinski definition) is 4. The average molecular weight is 390 g/mol. The molecule has 0 aromatic heterocycles. The number of urea groups is 2. The lowest BCUT2D eigenvalue weighted by molar-refractivity contribution is -0.131. The van der Waals surface area contributed by atoms with Crippen LogP contribution < -0.4 is 15.5 Å². The Labute approximate surface area is 150 Å². The molecule has 1 aromatic rings. The molecule has 0 saturated carbocycles. The number of carbonyl (C=O) groups excluding carboxylic acids is 4. The fourth-order valence-corrected chi connectivity index (χ4v) is 2.34. The molecule has 0 bridgehead atoms. The van der Waals surface area contributed by atoms with Crippen molar-refractivity contribution in [1.82, 2.24) is 15.5 Å². The van der Waals surface area contributed by atoms with Gasteiger partial charge in [-0.3, -0.25) is 24.7 Å². The lowest BCUT2D eigenvalue weighted by Gasteiger charge is -2.19. The Morgan fingerprint density at radius 1 is 1.15 bits per heavy atom. The number of hydrogen-bond donors (Lipinski definition) is 2. The molecule has 2 rings (SSSR count). The third-order valence-electron chi connectivity index (χ3n) is 3.56. The number of rotatable bonds is 4. The van der Waals surface area contributed by atoms with E-state index in [0.717, 1.165) is 17.0 Å². The highest BCUT2D eigenvalue weighted by Crippen LogP contribution is 2.25. The van der Waals surface area contributed by atoms with Crippen LogP contribution in [0.15, 0.2) is 24.3 Å². The lowest BCUT2D eigenvalue weighted by atomic mass is 10.2. The van der Waals surface area contributed by atoms with Gasteiger partial charge in [-0.2, -0.15) is 13.2 Å². The van der Waals surface area contributed by atoms with Crippen LogP contribution >= 0.6 is 0 Å². The van der Waals surface area contributed by atoms with E-state index in [1.54, 1.807) is 5.32 Å². The van der Waals surface area contributed by atoms with Gasteiger partial charge in [0.15, 0.2) is 0 Å². The number of benzene rings is 1. The van der Waals surface area contributed by atoms with E-state index in [1.807, 2.05) is 0 Å². The van der Waals surface area contributed by atoms with Crippen molar-refractivity contribution in [2.45, 2.75) is 19.1 Å². The Morgan fingerprint density at radius 3 is 2.30 bits per heavy atom. The number of amides is 6. The molecule has 2 N–H and O–H groups in total. The molecule has 0 radical (unpaired) electrons. The summed E-state index contributed by atoms with van der Waals surface area (Å²) in [5, 5.41) is 3.01. The molecule has 1 aliphatic rings. The van der Waals surface area contributed by atoms with Crippen molar-refractivity contribution in [3.05, 3.63) is 30.1 Å². The predicted molar refractivity (Wildman–Crippen MR) is 83.0 cm³/mol. The van der Waals surface area contributed by atoms with Crippen LogP contribution in [-0.2, 0) is 9.59 Å². The minimum atomic E-state index is -4.66. The molecule has 146 valence electrons. The van der Waals surface area contributed by atoms with E-state index >= 15 is 0 Å². The quantitative estimate of drug-likeness (QED) is 0.599. The molecule has 1 aliphatic heterocycles. The van der Waals surface area contributed by atoms with Crippen LogP contribution in [0.2, 0.25) is 0 Å². The normalized spacial score (nSPS) is 17.3. The molecular weight excluding hydrogens is 376 g/mol. The van der Waals surface area contributed by atoms with Gasteiger partial charge in [-0.15, -0.1) is 0 Å². The zero-order valence-electron chi connectivity index (χ0n) is 13.8. The SMILES string of the molecule is C[C@@H]1C(=O)N(CC(=O)NC(=O)NCC(F)(F)F)C(=O)N1c1ccc(F)cc1. The van der Waals surface area contributed by atoms with Gasteiger partial charge in [0.05, 0.1) is 0 Å². The average Bonchev–Trinajstić information content (AvgIpc) is 2.77. The Morgan fingerprint density at radius 2 is 1.74 bits per heavy atom. The molecule has 0 aliphatic carbocycles. The number of halogens is 4. The molecule has 1 saturated heterocycles. The van der Waals surface area contributed by atoms with Gasteiger partial charge >= 0.3 is 18.2 Å². The maximum absolute atomic E-state index is 13.0. The molecule has 1 fully saturated rings. The standard InChI is InChI=1S/C15H14F4N4O4/c1-8-12(25)22(6-11(24)21-13(26)20-7-15(17,18)19)14(27)23(8)10-4-2-9(16)3-5-10/h2-5,8H,6-7H2,1H3,(H2,20,21,24,26)/t8-/m1/s1. The molecule has 1 heterocycles. The molecule has 12 heteroatoms. The van der Waals surface area contributed by atoms with Crippen molar-refractivity contribution < 1.29 is 36.7 Å². The highest BCUT2D eigenvalue weighted by Gasteiger charge is 2.44. The number of imide groups is 2. The third kappa shape index (κ3) is 4.92. The van der Waals surface area contributed by atoms with Crippen LogP contribution in [0.3, 0.4) is 0 Å². The molecule has 8 nitrogen and oxygen atoms in total. The number of nitrogens with one attached hydrogen (secondary N) is 2. The van der Waals surface area contributed by atoms with Gasteiger partial charge in [0, 0.05) is 5.69 Å². The van der Waals surface area contributed by atoms with E-state index in [0.29, 0.717) is 4.90 Å². The topological polar surface area (TPSA) is 98.8 Å².